The van der Waals surface area contributed by atoms with Crippen LogP contribution in [0.3, 0.4) is 0 Å². The number of aliphatic imine (C=N–C) groups is 1. The Morgan fingerprint density at radius 1 is 1.17 bits per heavy atom. The Hall–Kier alpha value is -3.25. The summed E-state index contributed by atoms with van der Waals surface area (Å²) in [5.74, 6) is 0.426. The van der Waals surface area contributed by atoms with Crippen LogP contribution in [0, 0.1) is 20.6 Å². The molecule has 0 unspecified atom stereocenters. The number of ether oxygens (including phenoxy) is 3. The molecule has 8 nitrogen and oxygen atoms in total. The van der Waals surface area contributed by atoms with E-state index >= 15 is 0 Å². The summed E-state index contributed by atoms with van der Waals surface area (Å²) >= 11 is 5.80. The van der Waals surface area contributed by atoms with Gasteiger partial charge < -0.3 is 14.2 Å². The summed E-state index contributed by atoms with van der Waals surface area (Å²) in [6.07, 6.45) is 1.57. The molecule has 0 aliphatic carbocycles. The smallest absolute Gasteiger partial charge is 0.363 e. The molecule has 0 fully saturated rings. The summed E-state index contributed by atoms with van der Waals surface area (Å²) in [6, 6.07) is 16.1. The number of rotatable bonds is 8. The van der Waals surface area contributed by atoms with Gasteiger partial charge in [-0.1, -0.05) is 18.2 Å². The Morgan fingerprint density at radius 3 is 2.61 bits per heavy atom. The molecule has 0 aromatic heterocycles. The van der Waals surface area contributed by atoms with Gasteiger partial charge in [0, 0.05) is 20.8 Å². The fraction of sp³-hybridized carbons (Fsp3) is 0.154. The molecule has 0 radical (unpaired) electrons. The molecule has 1 aliphatic rings. The largest absolute Gasteiger partial charge is 0.490 e. The summed E-state index contributed by atoms with van der Waals surface area (Å²) in [5, 5.41) is 11.3. The van der Waals surface area contributed by atoms with Gasteiger partial charge in [0.15, 0.2) is 17.2 Å². The van der Waals surface area contributed by atoms with E-state index in [1.54, 1.807) is 31.2 Å². The van der Waals surface area contributed by atoms with E-state index < -0.39 is 10.9 Å². The first-order valence-electron chi connectivity index (χ1n) is 10.9. The van der Waals surface area contributed by atoms with Gasteiger partial charge in [-0.15, -0.1) is 0 Å². The standard InChI is InChI=1S/C26H20BrIN2O6/c1-3-34-23-13-17(11-20(27)24(23)35-14-16-7-9-18(28)10-8-16)12-21-26(31)36-25(29-21)19-5-4-6-22(15(19)2)30(32)33/h4-13H,3,14H2,1-2H3/b21-12-. The number of nitrogens with zero attached hydrogens (tertiary/aromatic N) is 2. The van der Waals surface area contributed by atoms with Crippen LogP contribution in [0.2, 0.25) is 0 Å². The Bertz CT molecular complexity index is 1400. The van der Waals surface area contributed by atoms with Crippen molar-refractivity contribution >= 4 is 62.2 Å². The molecule has 1 aliphatic heterocycles. The highest BCUT2D eigenvalue weighted by atomic mass is 127. The van der Waals surface area contributed by atoms with E-state index in [0.717, 1.165) is 9.13 Å². The molecular weight excluding hydrogens is 643 g/mol. The van der Waals surface area contributed by atoms with Crippen molar-refractivity contribution in [3.63, 3.8) is 0 Å². The van der Waals surface area contributed by atoms with Crippen LogP contribution in [0.4, 0.5) is 5.69 Å². The number of cyclic esters (lactones) is 1. The summed E-state index contributed by atoms with van der Waals surface area (Å²) in [6.45, 7) is 4.24. The van der Waals surface area contributed by atoms with Gasteiger partial charge in [-0.05, 0) is 99.9 Å². The third-order valence-corrected chi connectivity index (χ3v) is 6.59. The first-order chi connectivity index (χ1) is 17.3. The van der Waals surface area contributed by atoms with Crippen LogP contribution >= 0.6 is 38.5 Å². The summed E-state index contributed by atoms with van der Waals surface area (Å²) < 4.78 is 19.0. The molecule has 0 saturated carbocycles. The van der Waals surface area contributed by atoms with E-state index in [2.05, 4.69) is 43.5 Å². The van der Waals surface area contributed by atoms with Gasteiger partial charge in [-0.3, -0.25) is 10.1 Å². The molecule has 36 heavy (non-hydrogen) atoms. The second-order valence-corrected chi connectivity index (χ2v) is 9.82. The first-order valence-corrected chi connectivity index (χ1v) is 12.7. The Morgan fingerprint density at radius 2 is 1.92 bits per heavy atom. The van der Waals surface area contributed by atoms with Crippen molar-refractivity contribution < 1.29 is 23.9 Å². The van der Waals surface area contributed by atoms with Crippen molar-refractivity contribution in [2.24, 2.45) is 4.99 Å². The van der Waals surface area contributed by atoms with Gasteiger partial charge >= 0.3 is 5.97 Å². The third-order valence-electron chi connectivity index (χ3n) is 5.28. The van der Waals surface area contributed by atoms with Crippen molar-refractivity contribution in [3.05, 3.63) is 101 Å². The number of esters is 1. The topological polar surface area (TPSA) is 100 Å². The predicted molar refractivity (Wildman–Crippen MR) is 147 cm³/mol. The number of nitro groups is 1. The summed E-state index contributed by atoms with van der Waals surface area (Å²) in [5.41, 5.74) is 2.40. The van der Waals surface area contributed by atoms with Crippen LogP contribution in [-0.2, 0) is 16.1 Å². The molecule has 0 atom stereocenters. The Labute approximate surface area is 229 Å². The van der Waals surface area contributed by atoms with Crippen molar-refractivity contribution in [2.45, 2.75) is 20.5 Å². The van der Waals surface area contributed by atoms with E-state index in [1.165, 1.54) is 12.1 Å². The summed E-state index contributed by atoms with van der Waals surface area (Å²) in [7, 11) is 0. The number of hydrogen-bond donors (Lipinski definition) is 0. The fourth-order valence-corrected chi connectivity index (χ4v) is 4.48. The van der Waals surface area contributed by atoms with Crippen LogP contribution in [0.15, 0.2) is 69.8 Å². The molecule has 1 heterocycles. The maximum atomic E-state index is 12.5. The maximum Gasteiger partial charge on any atom is 0.363 e. The van der Waals surface area contributed by atoms with Gasteiger partial charge in [0.2, 0.25) is 5.90 Å². The Kier molecular flexibility index (Phi) is 8.04. The normalized spacial score (nSPS) is 13.9. The number of carbonyl (C=O) groups excluding carboxylic acids is 1. The van der Waals surface area contributed by atoms with Crippen LogP contribution in [-0.4, -0.2) is 23.4 Å². The SMILES string of the molecule is CCOc1cc(/C=C2\N=C(c3cccc([N+](=O)[O-])c3C)OC2=O)cc(Br)c1OCc1ccc(I)cc1. The van der Waals surface area contributed by atoms with Crippen LogP contribution < -0.4 is 9.47 Å². The average Bonchev–Trinajstić information content (AvgIpc) is 3.19. The second-order valence-electron chi connectivity index (χ2n) is 7.72. The molecule has 184 valence electrons. The van der Waals surface area contributed by atoms with Gasteiger partial charge in [0.05, 0.1) is 16.0 Å². The lowest BCUT2D eigenvalue weighted by Crippen LogP contribution is -2.08. The molecule has 3 aromatic carbocycles. The third kappa shape index (κ3) is 5.76. The van der Waals surface area contributed by atoms with E-state index in [1.807, 2.05) is 31.2 Å². The fourth-order valence-electron chi connectivity index (χ4n) is 3.55. The predicted octanol–water partition coefficient (Wildman–Crippen LogP) is 6.59. The van der Waals surface area contributed by atoms with Gasteiger partial charge in [-0.25, -0.2) is 9.79 Å². The van der Waals surface area contributed by atoms with Crippen molar-refractivity contribution in [3.8, 4) is 11.5 Å². The summed E-state index contributed by atoms with van der Waals surface area (Å²) in [4.78, 5) is 27.6. The van der Waals surface area contributed by atoms with E-state index in [9.17, 15) is 14.9 Å². The molecule has 0 bridgehead atoms. The molecule has 0 amide bonds. The quantitative estimate of drug-likeness (QED) is 0.0887. The molecular formula is C26H20BrIN2O6. The monoisotopic (exact) mass is 662 g/mol. The minimum absolute atomic E-state index is 0.0222. The highest BCUT2D eigenvalue weighted by molar-refractivity contribution is 14.1. The zero-order chi connectivity index (χ0) is 25.8. The van der Waals surface area contributed by atoms with E-state index in [4.69, 9.17) is 14.2 Å². The lowest BCUT2D eigenvalue weighted by molar-refractivity contribution is -0.385. The maximum absolute atomic E-state index is 12.5. The number of benzene rings is 3. The second kappa shape index (κ2) is 11.2. The average molecular weight is 663 g/mol. The molecule has 0 spiro atoms. The Balaban J connectivity index is 1.63. The van der Waals surface area contributed by atoms with Crippen LogP contribution in [0.25, 0.3) is 6.08 Å². The number of nitro benzene ring substituents is 1. The van der Waals surface area contributed by atoms with Crippen LogP contribution in [0.1, 0.15) is 29.2 Å². The molecule has 4 rings (SSSR count). The van der Waals surface area contributed by atoms with Gasteiger partial charge in [0.1, 0.15) is 6.61 Å². The number of halogens is 2. The van der Waals surface area contributed by atoms with Crippen molar-refractivity contribution in [1.29, 1.82) is 0 Å². The highest BCUT2D eigenvalue weighted by Crippen LogP contribution is 2.38. The number of hydrogen-bond acceptors (Lipinski definition) is 7. The highest BCUT2D eigenvalue weighted by Gasteiger charge is 2.27. The van der Waals surface area contributed by atoms with Gasteiger partial charge in [-0.2, -0.15) is 0 Å². The van der Waals surface area contributed by atoms with Crippen LogP contribution in [0.5, 0.6) is 11.5 Å². The van der Waals surface area contributed by atoms with E-state index in [0.29, 0.717) is 45.9 Å². The zero-order valence-electron chi connectivity index (χ0n) is 19.3. The lowest BCUT2D eigenvalue weighted by Gasteiger charge is -2.15. The van der Waals surface area contributed by atoms with Crippen molar-refractivity contribution in [1.82, 2.24) is 0 Å². The molecule has 10 heteroatoms. The molecule has 0 N–H and O–H groups in total. The first kappa shape index (κ1) is 25.8. The van der Waals surface area contributed by atoms with E-state index in [-0.39, 0.29) is 17.3 Å². The lowest BCUT2D eigenvalue weighted by atomic mass is 10.1. The van der Waals surface area contributed by atoms with Crippen molar-refractivity contribution in [2.75, 3.05) is 6.61 Å². The molecule has 0 saturated heterocycles. The minimum Gasteiger partial charge on any atom is -0.490 e. The van der Waals surface area contributed by atoms with Gasteiger partial charge in [0.25, 0.3) is 5.69 Å². The minimum atomic E-state index is -0.649. The zero-order valence-corrected chi connectivity index (χ0v) is 23.0. The molecule has 3 aromatic rings. The number of carbonyl (C=O) groups is 1.